The van der Waals surface area contributed by atoms with E-state index in [1.165, 1.54) is 16.0 Å². The van der Waals surface area contributed by atoms with E-state index >= 15 is 0 Å². The molecule has 0 amide bonds. The minimum atomic E-state index is -4.35. The fraction of sp³-hybridized carbons (Fsp3) is 0.258. The lowest BCUT2D eigenvalue weighted by molar-refractivity contribution is -0.145. The van der Waals surface area contributed by atoms with Crippen LogP contribution in [0.2, 0.25) is 0 Å². The van der Waals surface area contributed by atoms with Crippen LogP contribution in [0, 0.1) is 6.92 Å². The Balaban J connectivity index is 1.47. The second-order valence-corrected chi connectivity index (χ2v) is 12.1. The quantitative estimate of drug-likeness (QED) is 0.119. The summed E-state index contributed by atoms with van der Waals surface area (Å²) in [5.74, 6) is 2.65. The molecule has 0 saturated heterocycles. The van der Waals surface area contributed by atoms with E-state index in [2.05, 4.69) is 18.2 Å². The van der Waals surface area contributed by atoms with E-state index in [1.54, 1.807) is 42.2 Å². The fourth-order valence-corrected chi connectivity index (χ4v) is 7.29. The van der Waals surface area contributed by atoms with Crippen LogP contribution in [0.4, 0.5) is 13.2 Å². The number of carbonyl (C=O) groups excluding carboxylic acids is 1. The predicted molar refractivity (Wildman–Crippen MR) is 159 cm³/mol. The summed E-state index contributed by atoms with van der Waals surface area (Å²) in [4.78, 5) is 14.8. The Labute approximate surface area is 245 Å². The summed E-state index contributed by atoms with van der Waals surface area (Å²) >= 11 is 5.14. The highest BCUT2D eigenvalue weighted by Crippen LogP contribution is 2.39. The monoisotopic (exact) mass is 602 g/mol. The molecule has 9 heteroatoms. The molecule has 0 N–H and O–H groups in total. The van der Waals surface area contributed by atoms with Gasteiger partial charge in [-0.2, -0.15) is 24.9 Å². The Hall–Kier alpha value is -2.88. The van der Waals surface area contributed by atoms with Crippen molar-refractivity contribution in [3.05, 3.63) is 106 Å². The molecule has 0 saturated carbocycles. The number of halogens is 3. The van der Waals surface area contributed by atoms with Crippen LogP contribution < -0.4 is 4.74 Å². The standard InChI is InChI=1S/C31H29F3O3S3/c1-3-36-30(35)17-37-27-14-13-26(15-21(27)2)39-20-29-24(19-38-18-22-7-5-4-6-8-22)16-28(40-29)23-9-11-25(12-10-23)31(32,33)34/h4-16H,3,17-20H2,1-2H3. The third-order valence-corrected chi connectivity index (χ3v) is 9.41. The largest absolute Gasteiger partial charge is 0.482 e. The van der Waals surface area contributed by atoms with E-state index in [0.29, 0.717) is 12.4 Å². The lowest BCUT2D eigenvalue weighted by Crippen LogP contribution is -2.14. The van der Waals surface area contributed by atoms with Gasteiger partial charge >= 0.3 is 12.1 Å². The van der Waals surface area contributed by atoms with Gasteiger partial charge in [0, 0.05) is 31.9 Å². The number of benzene rings is 3. The molecule has 0 aliphatic rings. The summed E-state index contributed by atoms with van der Waals surface area (Å²) in [5, 5.41) is 0. The minimum absolute atomic E-state index is 0.132. The average molecular weight is 603 g/mol. The zero-order chi connectivity index (χ0) is 28.5. The molecule has 0 aliphatic carbocycles. The summed E-state index contributed by atoms with van der Waals surface area (Å²) in [7, 11) is 0. The summed E-state index contributed by atoms with van der Waals surface area (Å²) in [6.45, 7) is 3.87. The molecule has 0 radical (unpaired) electrons. The molecule has 0 fully saturated rings. The maximum absolute atomic E-state index is 13.1. The van der Waals surface area contributed by atoms with Gasteiger partial charge in [0.05, 0.1) is 12.2 Å². The molecule has 4 rings (SSSR count). The molecular weight excluding hydrogens is 574 g/mol. The third-order valence-electron chi connectivity index (χ3n) is 5.93. The number of hydrogen-bond acceptors (Lipinski definition) is 6. The second-order valence-electron chi connectivity index (χ2n) is 8.92. The predicted octanol–water partition coefficient (Wildman–Crippen LogP) is 9.41. The van der Waals surface area contributed by atoms with Crippen molar-refractivity contribution in [1.29, 1.82) is 0 Å². The van der Waals surface area contributed by atoms with Crippen molar-refractivity contribution in [3.63, 3.8) is 0 Å². The number of aryl methyl sites for hydroxylation is 1. The maximum atomic E-state index is 13.1. The van der Waals surface area contributed by atoms with Gasteiger partial charge in [-0.3, -0.25) is 0 Å². The van der Waals surface area contributed by atoms with E-state index in [4.69, 9.17) is 9.47 Å². The lowest BCUT2D eigenvalue weighted by atomic mass is 10.1. The van der Waals surface area contributed by atoms with Gasteiger partial charge in [-0.15, -0.1) is 23.1 Å². The van der Waals surface area contributed by atoms with Gasteiger partial charge in [0.25, 0.3) is 0 Å². The van der Waals surface area contributed by atoms with Crippen LogP contribution in [-0.4, -0.2) is 19.2 Å². The van der Waals surface area contributed by atoms with Gasteiger partial charge in [0.1, 0.15) is 5.75 Å². The van der Waals surface area contributed by atoms with Crippen LogP contribution in [0.25, 0.3) is 10.4 Å². The van der Waals surface area contributed by atoms with E-state index in [9.17, 15) is 18.0 Å². The van der Waals surface area contributed by atoms with Gasteiger partial charge in [0.15, 0.2) is 6.61 Å². The van der Waals surface area contributed by atoms with Crippen molar-refractivity contribution >= 4 is 40.8 Å². The molecule has 0 atom stereocenters. The van der Waals surface area contributed by atoms with Crippen LogP contribution >= 0.6 is 34.9 Å². The smallest absolute Gasteiger partial charge is 0.416 e. The summed E-state index contributed by atoms with van der Waals surface area (Å²) < 4.78 is 49.7. The Morgan fingerprint density at radius 1 is 0.925 bits per heavy atom. The first-order chi connectivity index (χ1) is 19.2. The van der Waals surface area contributed by atoms with E-state index in [1.807, 2.05) is 55.1 Å². The van der Waals surface area contributed by atoms with Gasteiger partial charge in [-0.25, -0.2) is 4.79 Å². The van der Waals surface area contributed by atoms with Crippen molar-refractivity contribution in [1.82, 2.24) is 0 Å². The van der Waals surface area contributed by atoms with Gasteiger partial charge in [-0.05, 0) is 72.5 Å². The first-order valence-electron chi connectivity index (χ1n) is 12.7. The molecule has 0 aliphatic heterocycles. The van der Waals surface area contributed by atoms with Crippen LogP contribution in [0.5, 0.6) is 5.75 Å². The molecule has 3 nitrogen and oxygen atoms in total. The highest BCUT2D eigenvalue weighted by Gasteiger charge is 2.30. The third kappa shape index (κ3) is 8.56. The van der Waals surface area contributed by atoms with Crippen molar-refractivity contribution < 1.29 is 27.4 Å². The second kappa shape index (κ2) is 14.1. The van der Waals surface area contributed by atoms with Crippen molar-refractivity contribution in [3.8, 4) is 16.2 Å². The van der Waals surface area contributed by atoms with E-state index in [0.717, 1.165) is 50.3 Å². The Kier molecular flexibility index (Phi) is 10.6. The van der Waals surface area contributed by atoms with Gasteiger partial charge < -0.3 is 9.47 Å². The van der Waals surface area contributed by atoms with Crippen LogP contribution in [-0.2, 0) is 33.0 Å². The molecule has 1 aromatic heterocycles. The molecule has 3 aromatic carbocycles. The minimum Gasteiger partial charge on any atom is -0.482 e. The SMILES string of the molecule is CCOC(=O)COc1ccc(SCc2sc(-c3ccc(C(F)(F)F)cc3)cc2CSCc2ccccc2)cc1C. The van der Waals surface area contributed by atoms with Crippen LogP contribution in [0.3, 0.4) is 0 Å². The topological polar surface area (TPSA) is 35.5 Å². The molecule has 0 unspecified atom stereocenters. The zero-order valence-corrected chi connectivity index (χ0v) is 24.6. The number of carbonyl (C=O) groups is 1. The number of rotatable bonds is 12. The van der Waals surface area contributed by atoms with Crippen molar-refractivity contribution in [2.75, 3.05) is 13.2 Å². The van der Waals surface area contributed by atoms with E-state index in [-0.39, 0.29) is 6.61 Å². The van der Waals surface area contributed by atoms with Gasteiger partial charge in [0.2, 0.25) is 0 Å². The van der Waals surface area contributed by atoms with Crippen molar-refractivity contribution in [2.45, 2.75) is 42.2 Å². The molecular formula is C31H29F3O3S3. The molecule has 1 heterocycles. The molecule has 0 spiro atoms. The highest BCUT2D eigenvalue weighted by molar-refractivity contribution is 7.98. The molecule has 4 aromatic rings. The van der Waals surface area contributed by atoms with E-state index < -0.39 is 17.7 Å². The number of thiophene rings is 1. The first-order valence-corrected chi connectivity index (χ1v) is 15.6. The molecule has 0 bridgehead atoms. The number of esters is 1. The van der Waals surface area contributed by atoms with Crippen LogP contribution in [0.15, 0.2) is 83.8 Å². The summed E-state index contributed by atoms with van der Waals surface area (Å²) in [6.07, 6.45) is -4.35. The fourth-order valence-electron chi connectivity index (χ4n) is 3.89. The number of hydrogen-bond donors (Lipinski definition) is 0. The van der Waals surface area contributed by atoms with Crippen molar-refractivity contribution in [2.24, 2.45) is 0 Å². The lowest BCUT2D eigenvalue weighted by Gasteiger charge is -2.10. The normalized spacial score (nSPS) is 11.4. The van der Waals surface area contributed by atoms with Gasteiger partial charge in [-0.1, -0.05) is 42.5 Å². The zero-order valence-electron chi connectivity index (χ0n) is 22.1. The highest BCUT2D eigenvalue weighted by atomic mass is 32.2. The molecule has 210 valence electrons. The summed E-state index contributed by atoms with van der Waals surface area (Å²) in [5.41, 5.74) is 3.50. The summed E-state index contributed by atoms with van der Waals surface area (Å²) in [6, 6.07) is 23.6. The average Bonchev–Trinajstić information content (AvgIpc) is 3.34. The molecule has 40 heavy (non-hydrogen) atoms. The Morgan fingerprint density at radius 3 is 2.35 bits per heavy atom. The number of ether oxygens (including phenoxy) is 2. The van der Waals surface area contributed by atoms with Crippen LogP contribution in [0.1, 0.15) is 34.1 Å². The first kappa shape index (κ1) is 30.1. The Bertz CT molecular complexity index is 1400. The number of alkyl halides is 3. The Morgan fingerprint density at radius 2 is 1.68 bits per heavy atom. The number of thioether (sulfide) groups is 2. The maximum Gasteiger partial charge on any atom is 0.416 e.